The molecule has 3 aliphatic rings. The summed E-state index contributed by atoms with van der Waals surface area (Å²) in [5, 5.41) is 3.08. The van der Waals surface area contributed by atoms with Crippen molar-refractivity contribution >= 4 is 23.2 Å². The van der Waals surface area contributed by atoms with Gasteiger partial charge in [-0.15, -0.1) is 0 Å². The minimum absolute atomic E-state index is 0.130. The van der Waals surface area contributed by atoms with E-state index >= 15 is 0 Å². The van der Waals surface area contributed by atoms with Crippen molar-refractivity contribution in [1.29, 1.82) is 0 Å². The summed E-state index contributed by atoms with van der Waals surface area (Å²) < 4.78 is 48.8. The highest BCUT2D eigenvalue weighted by atomic mass is 19.2. The molecule has 0 bridgehead atoms. The number of carbonyl (C=O) groups is 2. The van der Waals surface area contributed by atoms with Crippen LogP contribution in [0.5, 0.6) is 5.75 Å². The normalized spacial score (nSPS) is 19.1. The first-order valence-corrected chi connectivity index (χ1v) is 17.2. The maximum atomic E-state index is 14.8. The number of halogens is 3. The Morgan fingerprint density at radius 2 is 1.84 bits per heavy atom. The number of piperidine rings is 1. The van der Waals surface area contributed by atoms with Crippen molar-refractivity contribution in [3.63, 3.8) is 0 Å². The molecule has 7 rings (SSSR count). The van der Waals surface area contributed by atoms with Crippen LogP contribution in [0.25, 0.3) is 0 Å². The van der Waals surface area contributed by atoms with Crippen LogP contribution in [-0.2, 0) is 21.4 Å². The number of nitrogens with zero attached hydrogens (tertiary/aromatic N) is 4. The molecule has 2 aliphatic heterocycles. The average molecular weight is 696 g/mol. The van der Waals surface area contributed by atoms with Crippen LogP contribution in [0, 0.1) is 17.5 Å². The molecule has 2 amide bonds. The third-order valence-electron chi connectivity index (χ3n) is 10.5. The van der Waals surface area contributed by atoms with Gasteiger partial charge in [0.05, 0.1) is 24.0 Å². The summed E-state index contributed by atoms with van der Waals surface area (Å²) in [6.07, 6.45) is 6.90. The molecule has 0 unspecified atom stereocenters. The number of hydrogen-bond acceptors (Lipinski definition) is 6. The molecule has 8 nitrogen and oxygen atoms in total. The first kappa shape index (κ1) is 34.3. The lowest BCUT2D eigenvalue weighted by molar-refractivity contribution is -0.122. The Morgan fingerprint density at radius 3 is 2.57 bits per heavy atom. The fraction of sp³-hybridized carbons (Fsp3) is 0.350. The van der Waals surface area contributed by atoms with Gasteiger partial charge in [0.15, 0.2) is 11.6 Å². The zero-order valence-corrected chi connectivity index (χ0v) is 28.7. The van der Waals surface area contributed by atoms with E-state index in [1.165, 1.54) is 24.5 Å². The minimum atomic E-state index is -0.957. The van der Waals surface area contributed by atoms with Crippen molar-refractivity contribution in [2.24, 2.45) is 0 Å². The number of benzene rings is 3. The van der Waals surface area contributed by atoms with E-state index in [0.29, 0.717) is 35.7 Å². The molecule has 2 atom stereocenters. The molecule has 3 aromatic carbocycles. The lowest BCUT2D eigenvalue weighted by Gasteiger charge is -2.43. The first-order valence-electron chi connectivity index (χ1n) is 17.2. The predicted molar refractivity (Wildman–Crippen MR) is 188 cm³/mol. The van der Waals surface area contributed by atoms with Crippen LogP contribution < -0.4 is 19.9 Å². The largest absolute Gasteiger partial charge is 0.484 e. The van der Waals surface area contributed by atoms with E-state index in [2.05, 4.69) is 26.8 Å². The molecule has 1 spiro atoms. The van der Waals surface area contributed by atoms with E-state index < -0.39 is 23.3 Å². The number of fused-ring (bicyclic) bond motifs is 3. The fourth-order valence-electron chi connectivity index (χ4n) is 8.11. The van der Waals surface area contributed by atoms with E-state index in [1.54, 1.807) is 23.2 Å². The number of hydrogen-bond donors (Lipinski definition) is 1. The van der Waals surface area contributed by atoms with Gasteiger partial charge in [-0.05, 0) is 116 Å². The van der Waals surface area contributed by atoms with Gasteiger partial charge in [0, 0.05) is 37.5 Å². The van der Waals surface area contributed by atoms with Crippen LogP contribution in [0.3, 0.4) is 0 Å². The smallest absolute Gasteiger partial charge is 0.250 e. The molecule has 0 radical (unpaired) electrons. The minimum Gasteiger partial charge on any atom is -0.484 e. The van der Waals surface area contributed by atoms with Crippen molar-refractivity contribution in [2.75, 3.05) is 29.4 Å². The monoisotopic (exact) mass is 695 g/mol. The summed E-state index contributed by atoms with van der Waals surface area (Å²) in [7, 11) is 0. The Kier molecular flexibility index (Phi) is 9.07. The van der Waals surface area contributed by atoms with Crippen LogP contribution in [0.1, 0.15) is 73.9 Å². The zero-order valence-electron chi connectivity index (χ0n) is 28.7. The molecule has 264 valence electrons. The Hall–Kier alpha value is -5.19. The molecule has 1 fully saturated rings. The predicted octanol–water partition coefficient (Wildman–Crippen LogP) is 7.10. The Labute approximate surface area is 295 Å². The second kappa shape index (κ2) is 13.5. The van der Waals surface area contributed by atoms with E-state index in [9.17, 15) is 22.8 Å². The van der Waals surface area contributed by atoms with Crippen molar-refractivity contribution in [2.45, 2.75) is 68.9 Å². The lowest BCUT2D eigenvalue weighted by Crippen LogP contribution is -2.49. The van der Waals surface area contributed by atoms with Gasteiger partial charge in [-0.25, -0.2) is 23.1 Å². The Balaban J connectivity index is 1.07. The highest BCUT2D eigenvalue weighted by molar-refractivity contribution is 6.02. The van der Waals surface area contributed by atoms with Gasteiger partial charge in [-0.2, -0.15) is 0 Å². The van der Waals surface area contributed by atoms with E-state index in [4.69, 9.17) is 4.74 Å². The standard InChI is InChI=1S/C40H40F3N5O3/c1-4-38(50)48-23-39(2,3)51-36-21-28(7-10-35(36)48)47-15-12-40(13-16-47)22-26(29-8-6-27(41)20-30(29)40)19-37(49)46-34(33-11-14-44-24-45-33)18-25-5-9-31(42)32(43)17-25/h4-11,14,17,20-21,24,26,34H,1,12-13,15-16,18-19,22-23H2,2-3H3,(H,46,49)/t26-,34-/m1/s1. The maximum Gasteiger partial charge on any atom is 0.250 e. The second-order valence-electron chi connectivity index (χ2n) is 14.5. The number of ether oxygens (including phenoxy) is 1. The maximum absolute atomic E-state index is 14.8. The van der Waals surface area contributed by atoms with Crippen molar-refractivity contribution in [1.82, 2.24) is 15.3 Å². The lowest BCUT2D eigenvalue weighted by atomic mass is 9.73. The van der Waals surface area contributed by atoms with Gasteiger partial charge in [-0.1, -0.05) is 18.7 Å². The summed E-state index contributed by atoms with van der Waals surface area (Å²) >= 11 is 0. The number of nitrogens with one attached hydrogen (secondary N) is 1. The summed E-state index contributed by atoms with van der Waals surface area (Å²) in [5.41, 5.74) is 3.85. The third kappa shape index (κ3) is 6.94. The summed E-state index contributed by atoms with van der Waals surface area (Å²) in [5.74, 6) is -2.07. The zero-order chi connectivity index (χ0) is 35.9. The van der Waals surface area contributed by atoms with Gasteiger partial charge in [-0.3, -0.25) is 9.59 Å². The SMILES string of the molecule is C=CC(=O)N1CC(C)(C)Oc2cc(N3CCC4(CC3)C[C@@H](CC(=O)N[C@H](Cc3ccc(F)c(F)c3)c3ccncn3)c3ccc(F)cc34)ccc21. The highest BCUT2D eigenvalue weighted by Gasteiger charge is 2.46. The van der Waals surface area contributed by atoms with Crippen LogP contribution in [0.15, 0.2) is 85.8 Å². The van der Waals surface area contributed by atoms with E-state index in [1.807, 2.05) is 38.1 Å². The van der Waals surface area contributed by atoms with Gasteiger partial charge >= 0.3 is 0 Å². The van der Waals surface area contributed by atoms with Crippen LogP contribution >= 0.6 is 0 Å². The summed E-state index contributed by atoms with van der Waals surface area (Å²) in [4.78, 5) is 38.6. The quantitative estimate of drug-likeness (QED) is 0.198. The van der Waals surface area contributed by atoms with E-state index in [0.717, 1.165) is 54.9 Å². The molecule has 1 N–H and O–H groups in total. The summed E-state index contributed by atoms with van der Waals surface area (Å²) in [6, 6.07) is 15.6. The topological polar surface area (TPSA) is 87.7 Å². The Bertz CT molecular complexity index is 1980. The van der Waals surface area contributed by atoms with Crippen LogP contribution in [0.4, 0.5) is 24.5 Å². The molecule has 0 saturated carbocycles. The van der Waals surface area contributed by atoms with Crippen molar-refractivity contribution in [3.8, 4) is 5.75 Å². The van der Waals surface area contributed by atoms with Crippen molar-refractivity contribution < 1.29 is 27.5 Å². The average Bonchev–Trinajstić information content (AvgIpc) is 3.39. The highest BCUT2D eigenvalue weighted by Crippen LogP contribution is 2.53. The number of amides is 2. The number of anilines is 2. The van der Waals surface area contributed by atoms with Gasteiger partial charge in [0.1, 0.15) is 23.5 Å². The molecule has 11 heteroatoms. The molecular weight excluding hydrogens is 655 g/mol. The van der Waals surface area contributed by atoms with Crippen LogP contribution in [-0.4, -0.2) is 47.0 Å². The molecule has 1 saturated heterocycles. The fourth-order valence-corrected chi connectivity index (χ4v) is 8.11. The third-order valence-corrected chi connectivity index (χ3v) is 10.5. The molecular formula is C40H40F3N5O3. The molecule has 4 aromatic rings. The number of aromatic nitrogens is 2. The van der Waals surface area contributed by atoms with Gasteiger partial charge in [0.25, 0.3) is 5.91 Å². The second-order valence-corrected chi connectivity index (χ2v) is 14.5. The first-order chi connectivity index (χ1) is 24.4. The van der Waals surface area contributed by atoms with Crippen LogP contribution in [0.2, 0.25) is 0 Å². The van der Waals surface area contributed by atoms with E-state index in [-0.39, 0.29) is 41.8 Å². The Morgan fingerprint density at radius 1 is 1.04 bits per heavy atom. The number of rotatable bonds is 8. The van der Waals surface area contributed by atoms with Gasteiger partial charge < -0.3 is 19.9 Å². The number of carbonyl (C=O) groups excluding carboxylic acids is 2. The molecule has 1 aromatic heterocycles. The molecule has 51 heavy (non-hydrogen) atoms. The molecule has 3 heterocycles. The van der Waals surface area contributed by atoms with Gasteiger partial charge in [0.2, 0.25) is 5.91 Å². The summed E-state index contributed by atoms with van der Waals surface area (Å²) in [6.45, 7) is 9.42. The van der Waals surface area contributed by atoms with Crippen molar-refractivity contribution in [3.05, 3.63) is 126 Å². The molecule has 1 aliphatic carbocycles.